The first-order valence-corrected chi connectivity index (χ1v) is 12.2. The molecule has 0 saturated carbocycles. The summed E-state index contributed by atoms with van der Waals surface area (Å²) >= 11 is -5.36. The number of rotatable bonds is 4. The second kappa shape index (κ2) is 8.01. The van der Waals surface area contributed by atoms with E-state index >= 15 is 0 Å². The Morgan fingerprint density at radius 1 is 0.920 bits per heavy atom. The first kappa shape index (κ1) is 21.2. The number of anilines is 1. The molecule has 136 valence electrons. The van der Waals surface area contributed by atoms with Crippen LogP contribution in [0.2, 0.25) is 0 Å². The Bertz CT molecular complexity index is 647. The molecule has 0 fully saturated rings. The van der Waals surface area contributed by atoms with Gasteiger partial charge in [-0.3, -0.25) is 0 Å². The van der Waals surface area contributed by atoms with Crippen LogP contribution in [0.5, 0.6) is 0 Å². The Morgan fingerprint density at radius 3 is 1.76 bits per heavy atom. The van der Waals surface area contributed by atoms with Gasteiger partial charge >= 0.3 is 145 Å². The summed E-state index contributed by atoms with van der Waals surface area (Å²) in [7, 11) is 0. The van der Waals surface area contributed by atoms with E-state index in [0.717, 1.165) is 19.1 Å². The van der Waals surface area contributed by atoms with Gasteiger partial charge in [0.05, 0.1) is 0 Å². The summed E-state index contributed by atoms with van der Waals surface area (Å²) in [5, 5.41) is 2.15. The molecule has 0 spiro atoms. The van der Waals surface area contributed by atoms with Crippen molar-refractivity contribution in [3.63, 3.8) is 0 Å². The summed E-state index contributed by atoms with van der Waals surface area (Å²) in [6, 6.07) is 4.67. The fourth-order valence-corrected chi connectivity index (χ4v) is 7.89. The van der Waals surface area contributed by atoms with Crippen LogP contribution in [0.25, 0.3) is 0 Å². The van der Waals surface area contributed by atoms with E-state index in [9.17, 15) is 40.7 Å². The molecular weight excluding hydrogens is 557 g/mol. The molecule has 0 heterocycles. The van der Waals surface area contributed by atoms with Gasteiger partial charge in [-0.25, -0.2) is 0 Å². The monoisotopic (exact) mass is 565 g/mol. The molecule has 1 N–H and O–H groups in total. The van der Waals surface area contributed by atoms with Crippen LogP contribution in [0.1, 0.15) is 6.92 Å². The zero-order chi connectivity index (χ0) is 19.4. The molecule has 0 aliphatic rings. The number of benzene rings is 1. The number of alkyl halides is 6. The normalized spacial score (nSPS) is 11.5. The van der Waals surface area contributed by atoms with Crippen molar-refractivity contribution >= 4 is 50.3 Å². The zero-order valence-electron chi connectivity index (χ0n) is 12.2. The van der Waals surface area contributed by atoms with E-state index in [-0.39, 0.29) is 8.81 Å². The topological polar surface area (TPSA) is 81.7 Å². The Labute approximate surface area is 145 Å². The molecule has 0 aromatic heterocycles. The van der Waals surface area contributed by atoms with Gasteiger partial charge in [0.1, 0.15) is 0 Å². The first-order chi connectivity index (χ1) is 11.3. The molecule has 0 unspecified atom stereocenters. The van der Waals surface area contributed by atoms with Gasteiger partial charge in [-0.05, 0) is 0 Å². The van der Waals surface area contributed by atoms with Gasteiger partial charge in [0.25, 0.3) is 0 Å². The van der Waals surface area contributed by atoms with E-state index in [1.165, 1.54) is 12.1 Å². The van der Waals surface area contributed by atoms with E-state index in [0.29, 0.717) is 0 Å². The summed E-state index contributed by atoms with van der Waals surface area (Å²) < 4.78 is 81.7. The average molecular weight is 565 g/mol. The minimum atomic E-state index is -5.49. The van der Waals surface area contributed by atoms with E-state index in [4.69, 9.17) is 0 Å². The third-order valence-corrected chi connectivity index (χ3v) is 9.68. The predicted octanol–water partition coefficient (Wildman–Crippen LogP) is 1.55. The van der Waals surface area contributed by atoms with Crippen LogP contribution in [-0.4, -0.2) is 53.8 Å². The molecule has 1 rings (SSSR count). The third-order valence-electron chi connectivity index (χ3n) is 2.42. The maximum atomic E-state index is 12.3. The molecule has 0 atom stereocenters. The SMILES string of the molecule is CC(=O)Nc1cccc[c]1[Tl]([O]C(=O)C(F)(F)F)[O]C(=O)C(F)(F)F. The number of hydrogen-bond donors (Lipinski definition) is 1. The number of carbonyl (C=O) groups excluding carboxylic acids is 3. The van der Waals surface area contributed by atoms with Crippen LogP contribution in [0.3, 0.4) is 0 Å². The molecule has 0 saturated heterocycles. The Balaban J connectivity index is 3.25. The molecule has 1 aromatic carbocycles. The van der Waals surface area contributed by atoms with Crippen molar-refractivity contribution in [2.75, 3.05) is 5.32 Å². The van der Waals surface area contributed by atoms with Crippen LogP contribution in [0, 0.1) is 0 Å². The maximum absolute atomic E-state index is 12.3. The number of carbonyl (C=O) groups is 3. The predicted molar refractivity (Wildman–Crippen MR) is 70.4 cm³/mol. The van der Waals surface area contributed by atoms with Crippen molar-refractivity contribution < 1.29 is 46.1 Å². The first-order valence-electron chi connectivity index (χ1n) is 6.24. The number of halogens is 6. The summed E-state index contributed by atoms with van der Waals surface area (Å²) in [6.45, 7) is 1.03. The molecule has 0 bridgehead atoms. The van der Waals surface area contributed by atoms with Gasteiger partial charge in [0.2, 0.25) is 0 Å². The fraction of sp³-hybridized carbons (Fsp3) is 0.250. The molecule has 0 aliphatic carbocycles. The molecule has 25 heavy (non-hydrogen) atoms. The minimum absolute atomic E-state index is 0.216. The average Bonchev–Trinajstić information content (AvgIpc) is 2.44. The summed E-state index contributed by atoms with van der Waals surface area (Å²) in [5.74, 6) is -6.26. The van der Waals surface area contributed by atoms with Crippen molar-refractivity contribution in [2.45, 2.75) is 19.3 Å². The number of hydrogen-bond acceptors (Lipinski definition) is 5. The van der Waals surface area contributed by atoms with Crippen molar-refractivity contribution in [1.82, 2.24) is 0 Å². The van der Waals surface area contributed by atoms with Crippen LogP contribution in [0.4, 0.5) is 32.0 Å². The molecule has 1 amide bonds. The quantitative estimate of drug-likeness (QED) is 0.444. The van der Waals surface area contributed by atoms with E-state index < -0.39 is 53.8 Å². The second-order valence-electron chi connectivity index (χ2n) is 4.41. The molecule has 0 aliphatic heterocycles. The van der Waals surface area contributed by atoms with Crippen LogP contribution in [-0.2, 0) is 19.8 Å². The van der Waals surface area contributed by atoms with Crippen LogP contribution < -0.4 is 8.44 Å². The van der Waals surface area contributed by atoms with Gasteiger partial charge in [-0.2, -0.15) is 0 Å². The van der Waals surface area contributed by atoms with E-state index in [2.05, 4.69) is 10.7 Å². The van der Waals surface area contributed by atoms with Gasteiger partial charge < -0.3 is 0 Å². The number of amides is 1. The van der Waals surface area contributed by atoms with Gasteiger partial charge in [-0.1, -0.05) is 0 Å². The van der Waals surface area contributed by atoms with Crippen LogP contribution >= 0.6 is 0 Å². The Morgan fingerprint density at radius 2 is 1.36 bits per heavy atom. The van der Waals surface area contributed by atoms with Gasteiger partial charge in [-0.15, -0.1) is 0 Å². The van der Waals surface area contributed by atoms with Crippen molar-refractivity contribution in [3.05, 3.63) is 24.3 Å². The Hall–Kier alpha value is -1.87. The van der Waals surface area contributed by atoms with Crippen molar-refractivity contribution in [3.8, 4) is 0 Å². The molecular formula is C12H8F6NO5Tl. The Kier molecular flexibility index (Phi) is 6.78. The number of para-hydroxylation sites is 1. The summed E-state index contributed by atoms with van der Waals surface area (Å²) in [4.78, 5) is 33.0. The van der Waals surface area contributed by atoms with Gasteiger partial charge in [0, 0.05) is 0 Å². The third kappa shape index (κ3) is 6.51. The zero-order valence-corrected chi connectivity index (χ0v) is 16.7. The van der Waals surface area contributed by atoms with E-state index in [1.54, 1.807) is 0 Å². The van der Waals surface area contributed by atoms with Crippen LogP contribution in [0.15, 0.2) is 24.3 Å². The van der Waals surface area contributed by atoms with Crippen molar-refractivity contribution in [2.24, 2.45) is 0 Å². The van der Waals surface area contributed by atoms with Gasteiger partial charge in [0.15, 0.2) is 0 Å². The fourth-order valence-electron chi connectivity index (χ4n) is 1.49. The molecule has 1 aromatic rings. The summed E-state index contributed by atoms with van der Waals surface area (Å²) in [5.41, 5.74) is -0.216. The molecule has 6 nitrogen and oxygen atoms in total. The molecule has 13 heteroatoms. The second-order valence-corrected chi connectivity index (χ2v) is 11.2. The number of nitrogens with one attached hydrogen (secondary N) is 1. The van der Waals surface area contributed by atoms with Crippen molar-refractivity contribution in [1.29, 1.82) is 0 Å². The van der Waals surface area contributed by atoms with E-state index in [1.807, 2.05) is 0 Å². The summed E-state index contributed by atoms with van der Waals surface area (Å²) in [6.07, 6.45) is -11.0. The molecule has 0 radical (unpaired) electrons. The standard InChI is InChI=1S/C8H8NO.2C2HF3O2.Tl/c1-7(10)9-8-5-3-2-4-6-8;2*3-2(4,5)1(6)7;/h2-5H,1H3,(H,9,10);2*(H,6,7);/q;;;+2/p-2.